The molecule has 0 saturated heterocycles. The van der Waals surface area contributed by atoms with Gasteiger partial charge in [-0.1, -0.05) is 11.6 Å². The van der Waals surface area contributed by atoms with Crippen molar-refractivity contribution in [2.24, 2.45) is 0 Å². The zero-order chi connectivity index (χ0) is 19.5. The lowest BCUT2D eigenvalue weighted by Crippen LogP contribution is -2.21. The molecule has 0 amide bonds. The molecule has 3 aromatic rings. The van der Waals surface area contributed by atoms with E-state index < -0.39 is 5.97 Å². The van der Waals surface area contributed by atoms with Crippen molar-refractivity contribution in [2.45, 2.75) is 32.2 Å². The highest BCUT2D eigenvalue weighted by Gasteiger charge is 2.27. The Morgan fingerprint density at radius 2 is 2.18 bits per heavy atom. The van der Waals surface area contributed by atoms with E-state index in [1.165, 1.54) is 4.88 Å². The van der Waals surface area contributed by atoms with E-state index in [9.17, 15) is 9.90 Å². The number of aryl methyl sites for hydroxylation is 2. The molecule has 6 nitrogen and oxygen atoms in total. The molecule has 146 valence electrons. The summed E-state index contributed by atoms with van der Waals surface area (Å²) in [6.07, 6.45) is 6.84. The second-order valence-electron chi connectivity index (χ2n) is 6.80. The van der Waals surface area contributed by atoms with Crippen LogP contribution in [-0.2, 0) is 25.8 Å². The van der Waals surface area contributed by atoms with Crippen LogP contribution < -0.4 is 5.32 Å². The smallest absolute Gasteiger partial charge is 0.354 e. The molecule has 0 unspecified atom stereocenters. The Hall–Kier alpha value is -2.22. The average molecular weight is 417 g/mol. The normalized spacial score (nSPS) is 12.6. The Balaban J connectivity index is 1.38. The molecular weight excluding hydrogens is 396 g/mol. The van der Waals surface area contributed by atoms with E-state index in [2.05, 4.69) is 21.5 Å². The predicted molar refractivity (Wildman–Crippen MR) is 110 cm³/mol. The number of halogens is 1. The number of nitrogens with zero attached hydrogens (tertiary/aromatic N) is 3. The summed E-state index contributed by atoms with van der Waals surface area (Å²) in [6, 6.07) is 5.90. The maximum Gasteiger partial charge on any atom is 0.354 e. The Labute approximate surface area is 172 Å². The highest BCUT2D eigenvalue weighted by molar-refractivity contribution is 7.16. The Kier molecular flexibility index (Phi) is 5.75. The van der Waals surface area contributed by atoms with E-state index >= 15 is 0 Å². The molecule has 3 heterocycles. The molecule has 4 rings (SSSR count). The van der Waals surface area contributed by atoms with E-state index in [4.69, 9.17) is 11.6 Å². The maximum atomic E-state index is 11.9. The van der Waals surface area contributed by atoms with Crippen LogP contribution >= 0.6 is 22.9 Å². The van der Waals surface area contributed by atoms with Gasteiger partial charge in [-0.25, -0.2) is 4.79 Å². The van der Waals surface area contributed by atoms with E-state index in [1.807, 2.05) is 18.3 Å². The number of thiophene rings is 1. The molecular formula is C20H21ClN4O2S. The van der Waals surface area contributed by atoms with Gasteiger partial charge in [0.15, 0.2) is 0 Å². The van der Waals surface area contributed by atoms with Crippen molar-refractivity contribution in [2.75, 3.05) is 13.1 Å². The highest BCUT2D eigenvalue weighted by atomic mass is 35.5. The topological polar surface area (TPSA) is 80.0 Å². The molecule has 3 aromatic heterocycles. The van der Waals surface area contributed by atoms with Gasteiger partial charge in [0.05, 0.1) is 10.0 Å². The van der Waals surface area contributed by atoms with Gasteiger partial charge in [-0.15, -0.1) is 11.3 Å². The predicted octanol–water partition coefficient (Wildman–Crippen LogP) is 3.68. The van der Waals surface area contributed by atoms with Gasteiger partial charge in [-0.3, -0.25) is 9.67 Å². The second kappa shape index (κ2) is 8.43. The van der Waals surface area contributed by atoms with Crippen LogP contribution in [0.2, 0.25) is 4.34 Å². The minimum absolute atomic E-state index is 0.325. The summed E-state index contributed by atoms with van der Waals surface area (Å²) in [5.74, 6) is -0.909. The quantitative estimate of drug-likeness (QED) is 0.547. The number of hydrogen-bond donors (Lipinski definition) is 2. The summed E-state index contributed by atoms with van der Waals surface area (Å²) in [5.41, 5.74) is 4.10. The van der Waals surface area contributed by atoms with Crippen LogP contribution in [0.4, 0.5) is 0 Å². The number of carboxylic acids is 1. The molecule has 1 aliphatic carbocycles. The second-order valence-corrected chi connectivity index (χ2v) is 8.60. The number of rotatable bonds is 8. The van der Waals surface area contributed by atoms with Crippen molar-refractivity contribution < 1.29 is 9.90 Å². The van der Waals surface area contributed by atoms with E-state index in [0.717, 1.165) is 59.1 Å². The highest BCUT2D eigenvalue weighted by Crippen LogP contribution is 2.34. The summed E-state index contributed by atoms with van der Waals surface area (Å²) in [4.78, 5) is 17.3. The van der Waals surface area contributed by atoms with Gasteiger partial charge < -0.3 is 10.4 Å². The first-order valence-corrected chi connectivity index (χ1v) is 10.5. The van der Waals surface area contributed by atoms with Gasteiger partial charge in [0.1, 0.15) is 5.69 Å². The van der Waals surface area contributed by atoms with Crippen LogP contribution in [0.15, 0.2) is 30.6 Å². The van der Waals surface area contributed by atoms with E-state index in [1.54, 1.807) is 22.2 Å². The molecule has 0 fully saturated rings. The standard InChI is InChI=1S/C20H21ClN4O2S/c21-17-5-3-14(28-17)6-9-22-8-1-11-25-19(20(26)27)16-4-2-13-12-23-10-7-15(13)18(16)24-25/h3,5,7,10,12,22H,1-2,4,6,8-9,11H2,(H,26,27). The first-order valence-electron chi connectivity index (χ1n) is 9.34. The minimum atomic E-state index is -0.909. The summed E-state index contributed by atoms with van der Waals surface area (Å²) in [7, 11) is 0. The number of aromatic carboxylic acids is 1. The molecule has 0 aliphatic heterocycles. The van der Waals surface area contributed by atoms with Crippen molar-refractivity contribution >= 4 is 28.9 Å². The monoisotopic (exact) mass is 416 g/mol. The van der Waals surface area contributed by atoms with Gasteiger partial charge in [0.25, 0.3) is 0 Å². The lowest BCUT2D eigenvalue weighted by atomic mass is 9.90. The lowest BCUT2D eigenvalue weighted by Gasteiger charge is -2.14. The number of carbonyl (C=O) groups is 1. The first kappa shape index (κ1) is 19.1. The van der Waals surface area contributed by atoms with Crippen LogP contribution in [-0.4, -0.2) is 38.9 Å². The Morgan fingerprint density at radius 3 is 2.96 bits per heavy atom. The Bertz CT molecular complexity index is 998. The fourth-order valence-corrected chi connectivity index (χ4v) is 4.73. The van der Waals surface area contributed by atoms with Crippen LogP contribution in [0.1, 0.15) is 32.9 Å². The van der Waals surface area contributed by atoms with Crippen molar-refractivity contribution in [3.63, 3.8) is 0 Å². The Morgan fingerprint density at radius 1 is 1.29 bits per heavy atom. The molecule has 0 radical (unpaired) electrons. The fourth-order valence-electron chi connectivity index (χ4n) is 3.65. The molecule has 0 spiro atoms. The SMILES string of the molecule is O=C(O)c1c2c(nn1CCCNCCc1ccc(Cl)s1)-c1ccncc1CC2. The average Bonchev–Trinajstić information content (AvgIpc) is 3.27. The summed E-state index contributed by atoms with van der Waals surface area (Å²) < 4.78 is 2.47. The van der Waals surface area contributed by atoms with Crippen molar-refractivity contribution in [3.05, 3.63) is 56.6 Å². The third-order valence-electron chi connectivity index (χ3n) is 4.96. The van der Waals surface area contributed by atoms with Gasteiger partial charge in [0.2, 0.25) is 0 Å². The van der Waals surface area contributed by atoms with Crippen molar-refractivity contribution in [1.29, 1.82) is 0 Å². The van der Waals surface area contributed by atoms with Crippen LogP contribution in [0.5, 0.6) is 0 Å². The molecule has 0 aromatic carbocycles. The van der Waals surface area contributed by atoms with Gasteiger partial charge in [-0.2, -0.15) is 5.10 Å². The zero-order valence-corrected chi connectivity index (χ0v) is 16.9. The molecule has 2 N–H and O–H groups in total. The van der Waals surface area contributed by atoms with Gasteiger partial charge in [0, 0.05) is 34.9 Å². The number of hydrogen-bond acceptors (Lipinski definition) is 5. The van der Waals surface area contributed by atoms with Crippen molar-refractivity contribution in [3.8, 4) is 11.3 Å². The van der Waals surface area contributed by atoms with Crippen molar-refractivity contribution in [1.82, 2.24) is 20.1 Å². The molecule has 28 heavy (non-hydrogen) atoms. The lowest BCUT2D eigenvalue weighted by molar-refractivity contribution is 0.0681. The van der Waals surface area contributed by atoms with E-state index in [0.29, 0.717) is 18.7 Å². The number of carboxylic acid groups (broad SMARTS) is 1. The number of fused-ring (bicyclic) bond motifs is 3. The number of nitrogens with one attached hydrogen (secondary N) is 1. The molecule has 0 bridgehead atoms. The molecule has 0 saturated carbocycles. The van der Waals surface area contributed by atoms with Gasteiger partial charge in [-0.05, 0) is 62.5 Å². The number of aromatic nitrogens is 3. The fraction of sp³-hybridized carbons (Fsp3) is 0.350. The number of pyridine rings is 1. The molecule has 0 atom stereocenters. The minimum Gasteiger partial charge on any atom is -0.477 e. The maximum absolute atomic E-state index is 11.9. The van der Waals surface area contributed by atoms with E-state index in [-0.39, 0.29) is 0 Å². The third kappa shape index (κ3) is 3.97. The first-order chi connectivity index (χ1) is 13.6. The molecule has 8 heteroatoms. The summed E-state index contributed by atoms with van der Waals surface area (Å²) in [6.45, 7) is 2.26. The molecule has 1 aliphatic rings. The summed E-state index contributed by atoms with van der Waals surface area (Å²) in [5, 5.41) is 17.8. The largest absolute Gasteiger partial charge is 0.477 e. The summed E-state index contributed by atoms with van der Waals surface area (Å²) >= 11 is 7.55. The van der Waals surface area contributed by atoms with Crippen LogP contribution in [0, 0.1) is 0 Å². The zero-order valence-electron chi connectivity index (χ0n) is 15.3. The van der Waals surface area contributed by atoms with Gasteiger partial charge >= 0.3 is 5.97 Å². The van der Waals surface area contributed by atoms with Crippen LogP contribution in [0.25, 0.3) is 11.3 Å². The van der Waals surface area contributed by atoms with Crippen LogP contribution in [0.3, 0.4) is 0 Å². The third-order valence-corrected chi connectivity index (χ3v) is 6.25.